The molecule has 15 heteroatoms. The van der Waals surface area contributed by atoms with E-state index >= 15 is 0 Å². The average molecular weight is 757 g/mol. The average Bonchev–Trinajstić information content (AvgIpc) is 3.65. The molecule has 53 heavy (non-hydrogen) atoms. The highest BCUT2D eigenvalue weighted by molar-refractivity contribution is 7.53. The third-order valence-corrected chi connectivity index (χ3v) is 10.1. The van der Waals surface area contributed by atoms with Crippen molar-refractivity contribution in [2.45, 2.75) is 73.3 Å². The molecule has 1 heterocycles. The Balaban J connectivity index is 1.61. The van der Waals surface area contributed by atoms with Crippen LogP contribution in [0.4, 0.5) is 0 Å². The summed E-state index contributed by atoms with van der Waals surface area (Å²) in [6, 6.07) is 17.3. The van der Waals surface area contributed by atoms with Gasteiger partial charge in [0, 0.05) is 11.5 Å². The van der Waals surface area contributed by atoms with E-state index in [-0.39, 0.29) is 68.3 Å². The molecule has 290 valence electrons. The van der Waals surface area contributed by atoms with Crippen LogP contribution < -0.4 is 26.2 Å². The molecule has 4 amide bonds. The first-order valence-corrected chi connectivity index (χ1v) is 19.9. The Labute approximate surface area is 311 Å². The van der Waals surface area contributed by atoms with E-state index in [9.17, 15) is 23.7 Å². The predicted octanol–water partition coefficient (Wildman–Crippen LogP) is 6.57. The van der Waals surface area contributed by atoms with Crippen molar-refractivity contribution in [1.82, 2.24) is 21.4 Å². The van der Waals surface area contributed by atoms with Gasteiger partial charge >= 0.3 is 7.60 Å². The lowest BCUT2D eigenvalue weighted by Crippen LogP contribution is -2.45. The largest absolute Gasteiger partial charge is 0.493 e. The minimum atomic E-state index is -3.51. The van der Waals surface area contributed by atoms with Crippen LogP contribution in [0.25, 0.3) is 11.3 Å². The molecule has 3 aromatic rings. The number of carbonyl (C=O) groups is 4. The van der Waals surface area contributed by atoms with Gasteiger partial charge < -0.3 is 34.2 Å². The van der Waals surface area contributed by atoms with Crippen molar-refractivity contribution in [3.05, 3.63) is 77.6 Å². The molecule has 1 aromatic heterocycles. The molecule has 0 aliphatic rings. The highest BCUT2D eigenvalue weighted by Gasteiger charge is 2.32. The zero-order valence-corrected chi connectivity index (χ0v) is 32.1. The number of hydrogen-bond donors (Lipinski definition) is 4. The first-order chi connectivity index (χ1) is 25.6. The number of rotatable bonds is 24. The fraction of sp³-hybridized carbons (Fsp3) is 0.474. The van der Waals surface area contributed by atoms with Crippen molar-refractivity contribution in [3.8, 4) is 17.1 Å². The highest BCUT2D eigenvalue weighted by atomic mass is 31.2. The molecular weight excluding hydrogens is 703 g/mol. The summed E-state index contributed by atoms with van der Waals surface area (Å²) >= 11 is 0. The van der Waals surface area contributed by atoms with Crippen LogP contribution in [-0.4, -0.2) is 56.4 Å². The normalized spacial score (nSPS) is 12.4. The zero-order valence-electron chi connectivity index (χ0n) is 31.2. The maximum atomic E-state index is 13.4. The second-order valence-corrected chi connectivity index (χ2v) is 14.1. The fourth-order valence-electron chi connectivity index (χ4n) is 5.59. The van der Waals surface area contributed by atoms with Gasteiger partial charge in [0.2, 0.25) is 11.8 Å². The van der Waals surface area contributed by atoms with Gasteiger partial charge in [-0.1, -0.05) is 69.5 Å². The third kappa shape index (κ3) is 13.5. The van der Waals surface area contributed by atoms with Crippen LogP contribution in [0.3, 0.4) is 0 Å². The van der Waals surface area contributed by atoms with Gasteiger partial charge in [0.25, 0.3) is 11.8 Å². The summed E-state index contributed by atoms with van der Waals surface area (Å²) in [6.45, 7) is 9.66. The number of furan rings is 1. The van der Waals surface area contributed by atoms with Crippen LogP contribution in [-0.2, 0) is 34.6 Å². The number of unbranched alkanes of at least 4 members (excludes halogenated alkanes) is 2. The first-order valence-electron chi connectivity index (χ1n) is 18.1. The van der Waals surface area contributed by atoms with E-state index in [4.69, 9.17) is 23.0 Å². The smallest absolute Gasteiger partial charge is 0.349 e. The zero-order chi connectivity index (χ0) is 38.6. The van der Waals surface area contributed by atoms with Gasteiger partial charge in [0.15, 0.2) is 5.76 Å². The minimum absolute atomic E-state index is 0.00231. The summed E-state index contributed by atoms with van der Waals surface area (Å²) in [5.74, 6) is -2.47. The molecule has 0 radical (unpaired) electrons. The van der Waals surface area contributed by atoms with E-state index in [1.165, 1.54) is 12.1 Å². The molecule has 2 atom stereocenters. The molecule has 0 bridgehead atoms. The monoisotopic (exact) mass is 756 g/mol. The lowest BCUT2D eigenvalue weighted by atomic mass is 9.84. The van der Waals surface area contributed by atoms with Gasteiger partial charge in [0.05, 0.1) is 44.6 Å². The second kappa shape index (κ2) is 22.5. The highest BCUT2D eigenvalue weighted by Crippen LogP contribution is 2.46. The number of hydroxylamine groups is 1. The molecule has 0 unspecified atom stereocenters. The lowest BCUT2D eigenvalue weighted by molar-refractivity contribution is -0.144. The fourth-order valence-corrected chi connectivity index (χ4v) is 6.97. The summed E-state index contributed by atoms with van der Waals surface area (Å²) in [6.07, 6.45) is 3.26. The van der Waals surface area contributed by atoms with Crippen molar-refractivity contribution in [3.63, 3.8) is 0 Å². The van der Waals surface area contributed by atoms with Crippen LogP contribution in [0.15, 0.2) is 65.1 Å². The van der Waals surface area contributed by atoms with E-state index in [0.717, 1.165) is 24.8 Å². The van der Waals surface area contributed by atoms with Gasteiger partial charge in [-0.3, -0.25) is 28.6 Å². The third-order valence-electron chi connectivity index (χ3n) is 8.21. The maximum Gasteiger partial charge on any atom is 0.349 e. The Kier molecular flexibility index (Phi) is 18.3. The summed E-state index contributed by atoms with van der Waals surface area (Å²) in [7, 11) is -3.51. The molecule has 4 N–H and O–H groups in total. The molecule has 0 spiro atoms. The Morgan fingerprint density at radius 2 is 1.51 bits per heavy atom. The Bertz CT molecular complexity index is 1660. The van der Waals surface area contributed by atoms with Crippen molar-refractivity contribution in [1.29, 1.82) is 0 Å². The standard InChI is InChI=1S/C38H53N4O10P/c1-6-11-13-18-30(29(7-2)37(45)42-49-24-27-16-14-12-15-17-27)35(43)39-25-40-38(46)33-22-21-32(52-33)28-19-20-31(34(23-28)48-8-3)36(44)41-26-53(47,50-9-4)51-10-5/h12,14-17,19-23,29-30H,6-11,13,18,24-26H2,1-5H3,(H,39,43)(H,40,46)(H,41,44)(H,42,45)/t29-,30-/m1/s1. The Hall–Kier alpha value is -4.49. The minimum Gasteiger partial charge on any atom is -0.493 e. The van der Waals surface area contributed by atoms with Crippen LogP contribution in [0, 0.1) is 11.8 Å². The topological polar surface area (TPSA) is 184 Å². The number of ether oxygens (including phenoxy) is 1. The molecule has 0 saturated heterocycles. The summed E-state index contributed by atoms with van der Waals surface area (Å²) in [4.78, 5) is 57.9. The maximum absolute atomic E-state index is 13.4. The van der Waals surface area contributed by atoms with Gasteiger partial charge in [-0.25, -0.2) is 5.48 Å². The first kappa shape index (κ1) is 42.9. The number of hydrogen-bond acceptors (Lipinski definition) is 10. The molecule has 14 nitrogen and oxygen atoms in total. The van der Waals surface area contributed by atoms with Crippen LogP contribution in [0.2, 0.25) is 0 Å². The quantitative estimate of drug-likeness (QED) is 0.0337. The SMILES string of the molecule is CCCCC[C@@H](C(=O)NCNC(=O)c1ccc(-c2ccc(C(=O)NCP(=O)(OCC)OCC)c(OCC)c2)o1)[C@@H](CC)C(=O)NOCc1ccccc1. The van der Waals surface area contributed by atoms with Gasteiger partial charge in [-0.15, -0.1) is 0 Å². The van der Waals surface area contributed by atoms with Crippen molar-refractivity contribution < 1.29 is 46.8 Å². The molecule has 0 aliphatic heterocycles. The van der Waals surface area contributed by atoms with Crippen molar-refractivity contribution in [2.24, 2.45) is 11.8 Å². The molecule has 0 saturated carbocycles. The predicted molar refractivity (Wildman–Crippen MR) is 200 cm³/mol. The summed E-state index contributed by atoms with van der Waals surface area (Å²) in [5, 5.41) is 7.99. The van der Waals surface area contributed by atoms with Crippen molar-refractivity contribution >= 4 is 31.2 Å². The molecule has 2 aromatic carbocycles. The van der Waals surface area contributed by atoms with E-state index in [1.807, 2.05) is 37.3 Å². The number of carbonyl (C=O) groups excluding carboxylic acids is 4. The van der Waals surface area contributed by atoms with Gasteiger partial charge in [-0.05, 0) is 63.4 Å². The number of benzene rings is 2. The van der Waals surface area contributed by atoms with Crippen LogP contribution in [0.5, 0.6) is 5.75 Å². The summed E-state index contributed by atoms with van der Waals surface area (Å²) in [5.41, 5.74) is 4.15. The number of nitrogens with one attached hydrogen (secondary N) is 4. The van der Waals surface area contributed by atoms with E-state index in [1.54, 1.807) is 39.0 Å². The summed E-state index contributed by atoms with van der Waals surface area (Å²) < 4.78 is 34.8. The number of amides is 4. The molecular formula is C38H53N4O10P. The van der Waals surface area contributed by atoms with E-state index < -0.39 is 31.2 Å². The van der Waals surface area contributed by atoms with Crippen LogP contribution >= 0.6 is 7.60 Å². The second-order valence-electron chi connectivity index (χ2n) is 12.0. The molecule has 3 rings (SSSR count). The van der Waals surface area contributed by atoms with Gasteiger partial charge in [0.1, 0.15) is 17.8 Å². The van der Waals surface area contributed by atoms with Crippen molar-refractivity contribution in [2.75, 3.05) is 32.8 Å². The Morgan fingerprint density at radius 1 is 0.774 bits per heavy atom. The van der Waals surface area contributed by atoms with Crippen LogP contribution in [0.1, 0.15) is 93.2 Å². The van der Waals surface area contributed by atoms with E-state index in [2.05, 4.69) is 28.4 Å². The molecule has 0 aliphatic carbocycles. The molecule has 0 fully saturated rings. The Morgan fingerprint density at radius 3 is 2.17 bits per heavy atom. The van der Waals surface area contributed by atoms with E-state index in [0.29, 0.717) is 24.2 Å². The lowest BCUT2D eigenvalue weighted by Gasteiger charge is -2.24. The van der Waals surface area contributed by atoms with Gasteiger partial charge in [-0.2, -0.15) is 0 Å².